The van der Waals surface area contributed by atoms with Crippen molar-refractivity contribution in [2.24, 2.45) is 7.05 Å². The second-order valence-corrected chi connectivity index (χ2v) is 4.83. The van der Waals surface area contributed by atoms with Crippen molar-refractivity contribution in [3.05, 3.63) is 24.2 Å². The first-order valence-corrected chi connectivity index (χ1v) is 5.69. The normalized spacial score (nSPS) is 25.4. The van der Waals surface area contributed by atoms with E-state index < -0.39 is 0 Å². The first kappa shape index (κ1) is 9.78. The number of fused-ring (bicyclic) bond motifs is 1. The summed E-state index contributed by atoms with van der Waals surface area (Å²) < 4.78 is 2.18. The number of nitrogens with one attached hydrogen (secondary N) is 1. The smallest absolute Gasteiger partial charge is 0.177 e. The SMILES string of the molecule is Cn1c(C2(C)CCNC2)nc2ncccc21. The molecule has 1 saturated heterocycles. The second kappa shape index (κ2) is 3.28. The molecule has 0 bridgehead atoms. The molecule has 1 N–H and O–H groups in total. The summed E-state index contributed by atoms with van der Waals surface area (Å²) in [4.78, 5) is 8.99. The molecule has 16 heavy (non-hydrogen) atoms. The fourth-order valence-electron chi connectivity index (χ4n) is 2.57. The molecule has 1 fully saturated rings. The molecule has 84 valence electrons. The fraction of sp³-hybridized carbons (Fsp3) is 0.500. The molecule has 4 nitrogen and oxygen atoms in total. The van der Waals surface area contributed by atoms with Gasteiger partial charge in [-0.3, -0.25) is 0 Å². The topological polar surface area (TPSA) is 42.7 Å². The van der Waals surface area contributed by atoms with E-state index in [2.05, 4.69) is 39.9 Å². The molecule has 1 unspecified atom stereocenters. The van der Waals surface area contributed by atoms with Gasteiger partial charge in [0.2, 0.25) is 0 Å². The van der Waals surface area contributed by atoms with E-state index in [1.54, 1.807) is 6.20 Å². The van der Waals surface area contributed by atoms with Crippen molar-refractivity contribution in [2.45, 2.75) is 18.8 Å². The van der Waals surface area contributed by atoms with E-state index in [0.29, 0.717) is 0 Å². The number of imidazole rings is 1. The minimum atomic E-state index is 0.148. The maximum absolute atomic E-state index is 4.68. The van der Waals surface area contributed by atoms with Crippen molar-refractivity contribution in [1.29, 1.82) is 0 Å². The lowest BCUT2D eigenvalue weighted by molar-refractivity contribution is 0.475. The Morgan fingerprint density at radius 3 is 3.06 bits per heavy atom. The third-order valence-electron chi connectivity index (χ3n) is 3.57. The molecule has 0 spiro atoms. The molecular formula is C12H16N4. The number of pyridine rings is 1. The molecule has 0 amide bonds. The van der Waals surface area contributed by atoms with Crippen LogP contribution in [0, 0.1) is 0 Å². The van der Waals surface area contributed by atoms with Gasteiger partial charge in [-0.05, 0) is 25.1 Å². The lowest BCUT2D eigenvalue weighted by Gasteiger charge is -2.21. The summed E-state index contributed by atoms with van der Waals surface area (Å²) in [6, 6.07) is 4.04. The van der Waals surface area contributed by atoms with Gasteiger partial charge in [-0.1, -0.05) is 6.92 Å². The third-order valence-corrected chi connectivity index (χ3v) is 3.57. The van der Waals surface area contributed by atoms with Crippen LogP contribution >= 0.6 is 0 Å². The summed E-state index contributed by atoms with van der Waals surface area (Å²) in [5, 5.41) is 3.41. The molecule has 2 aromatic rings. The van der Waals surface area contributed by atoms with E-state index in [4.69, 9.17) is 0 Å². The van der Waals surface area contributed by atoms with Crippen LogP contribution in [0.5, 0.6) is 0 Å². The number of aryl methyl sites for hydroxylation is 1. The Balaban J connectivity index is 2.20. The van der Waals surface area contributed by atoms with Crippen LogP contribution < -0.4 is 5.32 Å². The highest BCUT2D eigenvalue weighted by molar-refractivity contribution is 5.71. The number of hydrogen-bond acceptors (Lipinski definition) is 3. The molecule has 0 radical (unpaired) electrons. The molecule has 0 saturated carbocycles. The minimum Gasteiger partial charge on any atom is -0.329 e. The van der Waals surface area contributed by atoms with Crippen LogP contribution in [0.2, 0.25) is 0 Å². The van der Waals surface area contributed by atoms with Crippen molar-refractivity contribution >= 4 is 11.2 Å². The average Bonchev–Trinajstić information content (AvgIpc) is 2.86. The van der Waals surface area contributed by atoms with Gasteiger partial charge < -0.3 is 9.88 Å². The lowest BCUT2D eigenvalue weighted by atomic mass is 9.89. The fourth-order valence-corrected chi connectivity index (χ4v) is 2.57. The van der Waals surface area contributed by atoms with E-state index in [9.17, 15) is 0 Å². The summed E-state index contributed by atoms with van der Waals surface area (Å²) in [6.07, 6.45) is 2.94. The van der Waals surface area contributed by atoms with Gasteiger partial charge in [-0.15, -0.1) is 0 Å². The standard InChI is InChI=1S/C12H16N4/c1-12(5-7-13-8-12)11-15-10-9(16(11)2)4-3-6-14-10/h3-4,6,13H,5,7-8H2,1-2H3. The molecule has 1 aliphatic heterocycles. The molecule has 0 aromatic carbocycles. The van der Waals surface area contributed by atoms with Crippen LogP contribution in [0.15, 0.2) is 18.3 Å². The number of aromatic nitrogens is 3. The van der Waals surface area contributed by atoms with Crippen LogP contribution in [0.25, 0.3) is 11.2 Å². The first-order valence-electron chi connectivity index (χ1n) is 5.69. The van der Waals surface area contributed by atoms with Gasteiger partial charge in [0.25, 0.3) is 0 Å². The van der Waals surface area contributed by atoms with Crippen molar-refractivity contribution in [2.75, 3.05) is 13.1 Å². The highest BCUT2D eigenvalue weighted by atomic mass is 15.1. The van der Waals surface area contributed by atoms with E-state index >= 15 is 0 Å². The zero-order valence-electron chi connectivity index (χ0n) is 9.70. The Kier molecular flexibility index (Phi) is 2.01. The minimum absolute atomic E-state index is 0.148. The third kappa shape index (κ3) is 1.26. The molecule has 2 aromatic heterocycles. The predicted molar refractivity (Wildman–Crippen MR) is 63.3 cm³/mol. The van der Waals surface area contributed by atoms with E-state index in [-0.39, 0.29) is 5.41 Å². The predicted octanol–water partition coefficient (Wildman–Crippen LogP) is 1.22. The van der Waals surface area contributed by atoms with Gasteiger partial charge in [0.1, 0.15) is 5.82 Å². The molecule has 1 aliphatic rings. The Morgan fingerprint density at radius 2 is 2.38 bits per heavy atom. The Hall–Kier alpha value is -1.42. The van der Waals surface area contributed by atoms with E-state index in [1.165, 1.54) is 0 Å². The van der Waals surface area contributed by atoms with E-state index in [0.717, 1.165) is 36.5 Å². The van der Waals surface area contributed by atoms with Crippen molar-refractivity contribution in [3.8, 4) is 0 Å². The van der Waals surface area contributed by atoms with Crippen molar-refractivity contribution in [1.82, 2.24) is 19.9 Å². The molecule has 3 heterocycles. The zero-order valence-corrected chi connectivity index (χ0v) is 9.70. The zero-order chi connectivity index (χ0) is 11.2. The summed E-state index contributed by atoms with van der Waals surface area (Å²) in [7, 11) is 2.08. The summed E-state index contributed by atoms with van der Waals surface area (Å²) >= 11 is 0. The molecule has 0 aliphatic carbocycles. The molecule has 1 atom stereocenters. The number of nitrogens with zero attached hydrogens (tertiary/aromatic N) is 3. The Bertz CT molecular complexity index is 523. The summed E-state index contributed by atoms with van der Waals surface area (Å²) in [5.41, 5.74) is 2.12. The van der Waals surface area contributed by atoms with Crippen LogP contribution in [0.4, 0.5) is 0 Å². The maximum atomic E-state index is 4.68. The van der Waals surface area contributed by atoms with Gasteiger partial charge in [-0.25, -0.2) is 9.97 Å². The van der Waals surface area contributed by atoms with Crippen LogP contribution in [0.1, 0.15) is 19.2 Å². The number of rotatable bonds is 1. The van der Waals surface area contributed by atoms with Gasteiger partial charge in [-0.2, -0.15) is 0 Å². The second-order valence-electron chi connectivity index (χ2n) is 4.83. The number of hydrogen-bond donors (Lipinski definition) is 1. The largest absolute Gasteiger partial charge is 0.329 e. The Labute approximate surface area is 94.7 Å². The van der Waals surface area contributed by atoms with Crippen molar-refractivity contribution < 1.29 is 0 Å². The molecule has 4 heteroatoms. The van der Waals surface area contributed by atoms with Crippen molar-refractivity contribution in [3.63, 3.8) is 0 Å². The van der Waals surface area contributed by atoms with Crippen LogP contribution in [-0.2, 0) is 12.5 Å². The van der Waals surface area contributed by atoms with Gasteiger partial charge in [0, 0.05) is 25.2 Å². The van der Waals surface area contributed by atoms with Gasteiger partial charge >= 0.3 is 0 Å². The van der Waals surface area contributed by atoms with Gasteiger partial charge in [0.15, 0.2) is 5.65 Å². The van der Waals surface area contributed by atoms with Crippen LogP contribution in [-0.4, -0.2) is 27.6 Å². The lowest BCUT2D eigenvalue weighted by Crippen LogP contribution is -2.28. The van der Waals surface area contributed by atoms with E-state index in [1.807, 2.05) is 6.07 Å². The first-order chi connectivity index (χ1) is 7.71. The average molecular weight is 216 g/mol. The van der Waals surface area contributed by atoms with Gasteiger partial charge in [0.05, 0.1) is 5.52 Å². The highest BCUT2D eigenvalue weighted by Crippen LogP contribution is 2.30. The quantitative estimate of drug-likeness (QED) is 0.779. The summed E-state index contributed by atoms with van der Waals surface area (Å²) in [5.74, 6) is 1.14. The maximum Gasteiger partial charge on any atom is 0.177 e. The van der Waals surface area contributed by atoms with Crippen LogP contribution in [0.3, 0.4) is 0 Å². The monoisotopic (exact) mass is 216 g/mol. The molecular weight excluding hydrogens is 200 g/mol. The Morgan fingerprint density at radius 1 is 1.50 bits per heavy atom. The summed E-state index contributed by atoms with van der Waals surface area (Å²) in [6.45, 7) is 4.35. The highest BCUT2D eigenvalue weighted by Gasteiger charge is 2.34. The molecule has 3 rings (SSSR count).